The Balaban J connectivity index is 1.34. The molecule has 40 heavy (non-hydrogen) atoms. The van der Waals surface area contributed by atoms with Crippen molar-refractivity contribution in [2.75, 3.05) is 11.5 Å². The minimum Gasteiger partial charge on any atom is -0.269 e. The van der Waals surface area contributed by atoms with E-state index >= 15 is 0 Å². The lowest BCUT2D eigenvalue weighted by Gasteiger charge is -2.37. The molecule has 6 rings (SSSR count). The molecule has 0 N–H and O–H groups in total. The smallest absolute Gasteiger partial charge is 0.263 e. The Morgan fingerprint density at radius 1 is 0.775 bits per heavy atom. The summed E-state index contributed by atoms with van der Waals surface area (Å²) < 4.78 is 56.4. The molecule has 4 saturated carbocycles. The van der Waals surface area contributed by atoms with Crippen molar-refractivity contribution in [3.05, 3.63) is 11.6 Å². The Morgan fingerprint density at radius 3 is 1.77 bits per heavy atom. The first kappa shape index (κ1) is 28.7. The van der Waals surface area contributed by atoms with Gasteiger partial charge < -0.3 is 0 Å². The normalized spacial score (nSPS) is 41.0. The molecule has 2 amide bonds. The molecule has 2 saturated heterocycles. The highest BCUT2D eigenvalue weighted by molar-refractivity contribution is 7.90. The van der Waals surface area contributed by atoms with Crippen LogP contribution in [0, 0.1) is 33.5 Å². The first-order valence-electron chi connectivity index (χ1n) is 15.4. The van der Waals surface area contributed by atoms with Crippen LogP contribution in [0.15, 0.2) is 11.6 Å². The van der Waals surface area contributed by atoms with Crippen LogP contribution in [0.1, 0.15) is 105 Å². The van der Waals surface area contributed by atoms with Crippen molar-refractivity contribution < 1.29 is 26.4 Å². The van der Waals surface area contributed by atoms with Crippen LogP contribution in [-0.4, -0.2) is 60.8 Å². The summed E-state index contributed by atoms with van der Waals surface area (Å²) in [6, 6.07) is -0.783. The van der Waals surface area contributed by atoms with Crippen molar-refractivity contribution in [2.24, 2.45) is 33.5 Å². The molecule has 2 spiro atoms. The predicted molar refractivity (Wildman–Crippen MR) is 153 cm³/mol. The molecule has 6 atom stereocenters. The summed E-state index contributed by atoms with van der Waals surface area (Å²) in [6.07, 6.45) is 9.79. The summed E-state index contributed by atoms with van der Waals surface area (Å²) in [4.78, 5) is 28.1. The lowest BCUT2D eigenvalue weighted by Crippen LogP contribution is -2.45. The van der Waals surface area contributed by atoms with Crippen molar-refractivity contribution in [2.45, 2.75) is 117 Å². The summed E-state index contributed by atoms with van der Waals surface area (Å²) in [7, 11) is -7.70. The standard InChI is InChI=1S/C30H46N2O6S2/c1-6-7-8-9-10-20(26(34)32-24-17-22-12-14-30(24,28(22,4)5)19-40(32,37)38)15-25(33)31-23-16-21-11-13-29(23,27(21,2)3)18-39(31,35)36/h15,21-24H,6-14,16-19H2,1-5H3/b20-15+/t21-,22-,23-,24-,29-,30-/m1/s1. The van der Waals surface area contributed by atoms with Crippen molar-refractivity contribution in [3.8, 4) is 0 Å². The molecule has 4 bridgehead atoms. The minimum atomic E-state index is -3.86. The zero-order valence-electron chi connectivity index (χ0n) is 24.7. The van der Waals surface area contributed by atoms with Gasteiger partial charge in [0.25, 0.3) is 11.8 Å². The van der Waals surface area contributed by atoms with Crippen LogP contribution in [0.5, 0.6) is 0 Å². The molecule has 224 valence electrons. The molecule has 2 aliphatic heterocycles. The van der Waals surface area contributed by atoms with Crippen LogP contribution >= 0.6 is 0 Å². The van der Waals surface area contributed by atoms with Gasteiger partial charge in [-0.05, 0) is 74.0 Å². The van der Waals surface area contributed by atoms with Gasteiger partial charge in [-0.3, -0.25) is 9.59 Å². The Kier molecular flexibility index (Phi) is 6.31. The maximum Gasteiger partial charge on any atom is 0.263 e. The van der Waals surface area contributed by atoms with E-state index in [1.807, 2.05) is 0 Å². The van der Waals surface area contributed by atoms with Crippen molar-refractivity contribution >= 4 is 31.9 Å². The fraction of sp³-hybridized carbons (Fsp3) is 0.867. The predicted octanol–water partition coefficient (Wildman–Crippen LogP) is 4.62. The first-order chi connectivity index (χ1) is 18.6. The van der Waals surface area contributed by atoms with E-state index in [0.29, 0.717) is 31.1 Å². The average molecular weight is 595 g/mol. The highest BCUT2D eigenvalue weighted by Gasteiger charge is 2.73. The van der Waals surface area contributed by atoms with Gasteiger partial charge in [-0.1, -0.05) is 53.9 Å². The van der Waals surface area contributed by atoms with Gasteiger partial charge in [0.2, 0.25) is 20.0 Å². The van der Waals surface area contributed by atoms with Gasteiger partial charge in [-0.15, -0.1) is 0 Å². The maximum absolute atomic E-state index is 14.2. The molecule has 0 aromatic carbocycles. The number of hydrogen-bond donors (Lipinski definition) is 0. The molecule has 0 aromatic heterocycles. The number of rotatable bonds is 7. The number of amides is 2. The largest absolute Gasteiger partial charge is 0.269 e. The second-order valence-electron chi connectivity index (χ2n) is 15.0. The van der Waals surface area contributed by atoms with E-state index in [4.69, 9.17) is 0 Å². The fourth-order valence-corrected chi connectivity index (χ4v) is 15.5. The number of carbonyl (C=O) groups excluding carboxylic acids is 2. The monoisotopic (exact) mass is 594 g/mol. The van der Waals surface area contributed by atoms with Crippen molar-refractivity contribution in [1.82, 2.24) is 8.61 Å². The molecule has 6 aliphatic rings. The van der Waals surface area contributed by atoms with Crippen LogP contribution in [0.2, 0.25) is 0 Å². The molecule has 4 aliphatic carbocycles. The summed E-state index contributed by atoms with van der Waals surface area (Å²) in [5.41, 5.74) is -1.11. The number of fused-ring (bicyclic) bond motifs is 2. The average Bonchev–Trinajstić information content (AvgIpc) is 3.54. The van der Waals surface area contributed by atoms with Crippen LogP contribution in [-0.2, 0) is 29.6 Å². The Morgan fingerprint density at radius 2 is 1.27 bits per heavy atom. The summed E-state index contributed by atoms with van der Waals surface area (Å²) >= 11 is 0. The van der Waals surface area contributed by atoms with Crippen LogP contribution in [0.3, 0.4) is 0 Å². The molecular formula is C30H46N2O6S2. The number of nitrogens with zero attached hydrogens (tertiary/aromatic N) is 2. The zero-order valence-corrected chi connectivity index (χ0v) is 26.4. The number of hydrogen-bond acceptors (Lipinski definition) is 6. The number of sulfonamides is 2. The molecule has 2 heterocycles. The molecule has 8 nitrogen and oxygen atoms in total. The third-order valence-corrected chi connectivity index (χ3v) is 16.9. The van der Waals surface area contributed by atoms with E-state index in [1.165, 1.54) is 6.08 Å². The molecular weight excluding hydrogens is 548 g/mol. The van der Waals surface area contributed by atoms with Crippen LogP contribution in [0.4, 0.5) is 0 Å². The SMILES string of the molecule is CCCCCC/C(=C\C(=O)N1[C@@H]2C[C@H]3CC[C@]2(CS1(=O)=O)C3(C)C)C(=O)N1[C@@H]2C[C@H]3CC[C@]2(CS1(=O)=O)C3(C)C. The topological polar surface area (TPSA) is 109 Å². The maximum atomic E-state index is 14.2. The number of carbonyl (C=O) groups is 2. The highest BCUT2D eigenvalue weighted by atomic mass is 32.2. The second-order valence-corrected chi connectivity index (χ2v) is 18.6. The van der Waals surface area contributed by atoms with E-state index in [1.54, 1.807) is 0 Å². The fourth-order valence-electron chi connectivity index (χ4n) is 10.5. The van der Waals surface area contributed by atoms with E-state index in [2.05, 4.69) is 34.6 Å². The quantitative estimate of drug-likeness (QED) is 0.314. The summed E-state index contributed by atoms with van der Waals surface area (Å²) in [6.45, 7) is 10.6. The van der Waals surface area contributed by atoms with Crippen LogP contribution in [0.25, 0.3) is 0 Å². The molecule has 0 radical (unpaired) electrons. The van der Waals surface area contributed by atoms with Gasteiger partial charge in [-0.25, -0.2) is 25.4 Å². The Hall–Kier alpha value is -1.42. The molecule has 10 heteroatoms. The van der Waals surface area contributed by atoms with E-state index in [9.17, 15) is 26.4 Å². The third kappa shape index (κ3) is 3.53. The van der Waals surface area contributed by atoms with Gasteiger partial charge in [0, 0.05) is 22.5 Å². The summed E-state index contributed by atoms with van der Waals surface area (Å²) in [5.74, 6) is -0.616. The van der Waals surface area contributed by atoms with Gasteiger partial charge in [-0.2, -0.15) is 0 Å². The van der Waals surface area contributed by atoms with Gasteiger partial charge in [0.1, 0.15) is 0 Å². The third-order valence-electron chi connectivity index (χ3n) is 13.1. The molecule has 0 unspecified atom stereocenters. The number of unbranched alkanes of at least 4 members (excludes halogenated alkanes) is 3. The molecule has 6 fully saturated rings. The van der Waals surface area contributed by atoms with Crippen molar-refractivity contribution in [3.63, 3.8) is 0 Å². The Labute approximate surface area is 240 Å². The molecule has 0 aromatic rings. The van der Waals surface area contributed by atoms with Crippen LogP contribution < -0.4 is 0 Å². The lowest BCUT2D eigenvalue weighted by molar-refractivity contribution is -0.127. The first-order valence-corrected chi connectivity index (χ1v) is 18.6. The lowest BCUT2D eigenvalue weighted by atomic mass is 9.69. The van der Waals surface area contributed by atoms with Crippen molar-refractivity contribution in [1.29, 1.82) is 0 Å². The Bertz CT molecular complexity index is 1380. The van der Waals surface area contributed by atoms with Gasteiger partial charge in [0.15, 0.2) is 0 Å². The van der Waals surface area contributed by atoms with E-state index < -0.39 is 54.8 Å². The van der Waals surface area contributed by atoms with Gasteiger partial charge >= 0.3 is 0 Å². The summed E-state index contributed by atoms with van der Waals surface area (Å²) in [5, 5.41) is 0. The van der Waals surface area contributed by atoms with E-state index in [0.717, 1.165) is 53.6 Å². The zero-order chi connectivity index (χ0) is 29.1. The van der Waals surface area contributed by atoms with E-state index in [-0.39, 0.29) is 34.3 Å². The highest BCUT2D eigenvalue weighted by Crippen LogP contribution is 2.71. The van der Waals surface area contributed by atoms with Gasteiger partial charge in [0.05, 0.1) is 23.6 Å². The minimum absolute atomic E-state index is 0.0292. The second kappa shape index (κ2) is 8.80.